The molecule has 1 unspecified atom stereocenters. The van der Waals surface area contributed by atoms with E-state index in [2.05, 4.69) is 10.4 Å². The molecule has 2 aromatic rings. The van der Waals surface area contributed by atoms with Crippen LogP contribution in [0.25, 0.3) is 0 Å². The highest BCUT2D eigenvalue weighted by atomic mass is 16.5. The highest BCUT2D eigenvalue weighted by Crippen LogP contribution is 2.20. The summed E-state index contributed by atoms with van der Waals surface area (Å²) >= 11 is 0. The van der Waals surface area contributed by atoms with Crippen LogP contribution >= 0.6 is 0 Å². The quantitative estimate of drug-likeness (QED) is 0.868. The van der Waals surface area contributed by atoms with Crippen molar-refractivity contribution in [1.82, 2.24) is 15.1 Å². The molecule has 0 spiro atoms. The zero-order valence-electron chi connectivity index (χ0n) is 12.2. The molecule has 6 heteroatoms. The fraction of sp³-hybridized carbons (Fsp3) is 0.267. The van der Waals surface area contributed by atoms with E-state index in [0.29, 0.717) is 0 Å². The van der Waals surface area contributed by atoms with E-state index in [1.54, 1.807) is 0 Å². The fourth-order valence-corrected chi connectivity index (χ4v) is 2.06. The van der Waals surface area contributed by atoms with Crippen LogP contribution in [0.15, 0.2) is 36.4 Å². The van der Waals surface area contributed by atoms with Crippen molar-refractivity contribution in [1.29, 1.82) is 0 Å². The number of esters is 1. The standard InChI is InChI=1S/C15H17N3O3/c1-10(11-7-5-4-6-8-11)18-13(15(20)21-3)9-12(17-18)14(19)16-2/h4-10H,1-3H3,(H,16,19). The van der Waals surface area contributed by atoms with Crippen LogP contribution in [0.5, 0.6) is 0 Å². The summed E-state index contributed by atoms with van der Waals surface area (Å²) in [6.45, 7) is 1.91. The first kappa shape index (κ1) is 14.8. The number of carbonyl (C=O) groups is 2. The highest BCUT2D eigenvalue weighted by molar-refractivity contribution is 5.95. The third-order valence-electron chi connectivity index (χ3n) is 3.24. The summed E-state index contributed by atoms with van der Waals surface area (Å²) in [4.78, 5) is 23.6. The first-order valence-electron chi connectivity index (χ1n) is 6.53. The Hall–Kier alpha value is -2.63. The summed E-state index contributed by atoms with van der Waals surface area (Å²) in [6.07, 6.45) is 0. The van der Waals surface area contributed by atoms with E-state index in [1.165, 1.54) is 24.9 Å². The van der Waals surface area contributed by atoms with E-state index in [4.69, 9.17) is 4.74 Å². The summed E-state index contributed by atoms with van der Waals surface area (Å²) in [5.41, 5.74) is 1.40. The molecule has 1 atom stereocenters. The molecule has 1 aromatic carbocycles. The van der Waals surface area contributed by atoms with Crippen molar-refractivity contribution in [3.05, 3.63) is 53.3 Å². The maximum absolute atomic E-state index is 11.9. The highest BCUT2D eigenvalue weighted by Gasteiger charge is 2.22. The Morgan fingerprint density at radius 2 is 1.95 bits per heavy atom. The fourth-order valence-electron chi connectivity index (χ4n) is 2.06. The molecule has 0 radical (unpaired) electrons. The minimum absolute atomic E-state index is 0.181. The molecule has 1 amide bonds. The third kappa shape index (κ3) is 2.94. The van der Waals surface area contributed by atoms with Gasteiger partial charge in [-0.2, -0.15) is 5.10 Å². The molecule has 1 heterocycles. The molecular weight excluding hydrogens is 270 g/mol. The van der Waals surface area contributed by atoms with Crippen LogP contribution in [-0.4, -0.2) is 35.8 Å². The molecule has 1 N–H and O–H groups in total. The van der Waals surface area contributed by atoms with E-state index in [-0.39, 0.29) is 23.3 Å². The van der Waals surface area contributed by atoms with Gasteiger partial charge < -0.3 is 10.1 Å². The Balaban J connectivity index is 2.48. The number of carbonyl (C=O) groups excluding carboxylic acids is 2. The van der Waals surface area contributed by atoms with Gasteiger partial charge in [-0.3, -0.25) is 9.48 Å². The van der Waals surface area contributed by atoms with E-state index in [1.807, 2.05) is 37.3 Å². The lowest BCUT2D eigenvalue weighted by Gasteiger charge is -2.15. The van der Waals surface area contributed by atoms with Crippen molar-refractivity contribution < 1.29 is 14.3 Å². The zero-order valence-corrected chi connectivity index (χ0v) is 12.2. The molecule has 6 nitrogen and oxygen atoms in total. The third-order valence-corrected chi connectivity index (χ3v) is 3.24. The molecule has 0 saturated heterocycles. The Morgan fingerprint density at radius 3 is 2.52 bits per heavy atom. The van der Waals surface area contributed by atoms with Gasteiger partial charge in [0, 0.05) is 13.1 Å². The maximum Gasteiger partial charge on any atom is 0.356 e. The number of hydrogen-bond donors (Lipinski definition) is 1. The maximum atomic E-state index is 11.9. The molecule has 0 aliphatic carbocycles. The molecule has 0 bridgehead atoms. The van der Waals surface area contributed by atoms with E-state index >= 15 is 0 Å². The molecular formula is C15H17N3O3. The molecule has 0 aliphatic heterocycles. The average Bonchev–Trinajstić information content (AvgIpc) is 2.98. The van der Waals surface area contributed by atoms with Crippen LogP contribution in [0.1, 0.15) is 39.5 Å². The molecule has 110 valence electrons. The second-order valence-corrected chi connectivity index (χ2v) is 4.52. The zero-order chi connectivity index (χ0) is 15.4. The van der Waals surface area contributed by atoms with Crippen molar-refractivity contribution in [2.24, 2.45) is 0 Å². The predicted molar refractivity (Wildman–Crippen MR) is 77.2 cm³/mol. The lowest BCUT2D eigenvalue weighted by molar-refractivity contribution is 0.0585. The Bertz CT molecular complexity index is 649. The van der Waals surface area contributed by atoms with Crippen LogP contribution in [0, 0.1) is 0 Å². The van der Waals surface area contributed by atoms with Gasteiger partial charge in [-0.25, -0.2) is 4.79 Å². The van der Waals surface area contributed by atoms with Gasteiger partial charge in [-0.15, -0.1) is 0 Å². The number of nitrogens with one attached hydrogen (secondary N) is 1. The summed E-state index contributed by atoms with van der Waals surface area (Å²) < 4.78 is 6.26. The van der Waals surface area contributed by atoms with Crippen molar-refractivity contribution in [2.45, 2.75) is 13.0 Å². The lowest BCUT2D eigenvalue weighted by Crippen LogP contribution is -2.19. The topological polar surface area (TPSA) is 73.2 Å². The van der Waals surface area contributed by atoms with Gasteiger partial charge >= 0.3 is 5.97 Å². The first-order valence-corrected chi connectivity index (χ1v) is 6.53. The summed E-state index contributed by atoms with van der Waals surface area (Å²) in [6, 6.07) is 10.8. The van der Waals surface area contributed by atoms with Crippen molar-refractivity contribution >= 4 is 11.9 Å². The van der Waals surface area contributed by atoms with Crippen LogP contribution in [0.2, 0.25) is 0 Å². The monoisotopic (exact) mass is 287 g/mol. The number of amides is 1. The Labute approximate surface area is 122 Å². The summed E-state index contributed by atoms with van der Waals surface area (Å²) in [5, 5.41) is 6.72. The number of ether oxygens (including phenoxy) is 1. The number of nitrogens with zero attached hydrogens (tertiary/aromatic N) is 2. The second kappa shape index (κ2) is 6.21. The molecule has 0 saturated carbocycles. The van der Waals surface area contributed by atoms with Gasteiger partial charge in [0.25, 0.3) is 5.91 Å². The van der Waals surface area contributed by atoms with Gasteiger partial charge in [-0.1, -0.05) is 30.3 Å². The van der Waals surface area contributed by atoms with Crippen LogP contribution in [0.4, 0.5) is 0 Å². The van der Waals surface area contributed by atoms with Gasteiger partial charge in [-0.05, 0) is 12.5 Å². The summed E-state index contributed by atoms with van der Waals surface area (Å²) in [5.74, 6) is -0.875. The normalized spacial score (nSPS) is 11.8. The molecule has 0 aliphatic rings. The van der Waals surface area contributed by atoms with Crippen molar-refractivity contribution in [3.63, 3.8) is 0 Å². The van der Waals surface area contributed by atoms with Crippen LogP contribution in [-0.2, 0) is 4.74 Å². The van der Waals surface area contributed by atoms with Gasteiger partial charge in [0.05, 0.1) is 13.2 Å². The number of rotatable bonds is 4. The molecule has 21 heavy (non-hydrogen) atoms. The second-order valence-electron chi connectivity index (χ2n) is 4.52. The van der Waals surface area contributed by atoms with Crippen molar-refractivity contribution in [3.8, 4) is 0 Å². The molecule has 1 aromatic heterocycles. The average molecular weight is 287 g/mol. The van der Waals surface area contributed by atoms with Gasteiger partial charge in [0.15, 0.2) is 5.69 Å². The van der Waals surface area contributed by atoms with E-state index in [9.17, 15) is 9.59 Å². The largest absolute Gasteiger partial charge is 0.464 e. The number of hydrogen-bond acceptors (Lipinski definition) is 4. The summed E-state index contributed by atoms with van der Waals surface area (Å²) in [7, 11) is 2.81. The van der Waals surface area contributed by atoms with Crippen LogP contribution in [0.3, 0.4) is 0 Å². The lowest BCUT2D eigenvalue weighted by atomic mass is 10.1. The number of benzene rings is 1. The number of methoxy groups -OCH3 is 1. The number of aromatic nitrogens is 2. The van der Waals surface area contributed by atoms with E-state index in [0.717, 1.165) is 5.56 Å². The smallest absolute Gasteiger partial charge is 0.356 e. The van der Waals surface area contributed by atoms with Gasteiger partial charge in [0.2, 0.25) is 0 Å². The minimum atomic E-state index is -0.527. The minimum Gasteiger partial charge on any atom is -0.464 e. The van der Waals surface area contributed by atoms with Crippen LogP contribution < -0.4 is 5.32 Å². The SMILES string of the molecule is CNC(=O)c1cc(C(=O)OC)n(C(C)c2ccccc2)n1. The van der Waals surface area contributed by atoms with E-state index < -0.39 is 5.97 Å². The molecule has 0 fully saturated rings. The van der Waals surface area contributed by atoms with Gasteiger partial charge in [0.1, 0.15) is 5.69 Å². The Morgan fingerprint density at radius 1 is 1.29 bits per heavy atom. The first-order chi connectivity index (χ1) is 10.1. The molecule has 2 rings (SSSR count). The predicted octanol–water partition coefficient (Wildman–Crippen LogP) is 1.64. The Kier molecular flexibility index (Phi) is 4.37. The van der Waals surface area contributed by atoms with Crippen molar-refractivity contribution in [2.75, 3.05) is 14.2 Å².